The van der Waals surface area contributed by atoms with Crippen LogP contribution in [0.25, 0.3) is 0 Å². The van der Waals surface area contributed by atoms with Gasteiger partial charge in [-0.3, -0.25) is 4.79 Å². The molecule has 2 aromatic rings. The number of halogens is 3. The number of amides is 1. The zero-order chi connectivity index (χ0) is 19.0. The maximum Gasteiger partial charge on any atom is 0.573 e. The molecule has 1 N–H and O–H groups in total. The van der Waals surface area contributed by atoms with Crippen molar-refractivity contribution >= 4 is 11.6 Å². The largest absolute Gasteiger partial charge is 0.573 e. The number of anilines is 1. The molecule has 0 radical (unpaired) electrons. The Balaban J connectivity index is 1.71. The summed E-state index contributed by atoms with van der Waals surface area (Å²) in [5.74, 6) is -0.223. The molecule has 2 heterocycles. The van der Waals surface area contributed by atoms with Gasteiger partial charge in [0.1, 0.15) is 5.75 Å². The Morgan fingerprint density at radius 2 is 1.89 bits per heavy atom. The first kappa shape index (κ1) is 17.7. The van der Waals surface area contributed by atoms with E-state index in [1.54, 1.807) is 11.0 Å². The number of nitrogens with zero attached hydrogens (tertiary/aromatic N) is 1. The second-order valence-corrected chi connectivity index (χ2v) is 6.85. The molecule has 2 aliphatic rings. The molecule has 2 unspecified atom stereocenters. The molecule has 2 aromatic carbocycles. The lowest BCUT2D eigenvalue weighted by Gasteiger charge is -2.38. The Morgan fingerprint density at radius 3 is 2.56 bits per heavy atom. The maximum atomic E-state index is 12.6. The summed E-state index contributed by atoms with van der Waals surface area (Å²) in [7, 11) is 0. The normalized spacial score (nSPS) is 22.3. The fourth-order valence-corrected chi connectivity index (χ4v) is 3.94. The predicted octanol–water partition coefficient (Wildman–Crippen LogP) is 4.81. The van der Waals surface area contributed by atoms with E-state index in [0.29, 0.717) is 24.9 Å². The monoisotopic (exact) mass is 376 g/mol. The van der Waals surface area contributed by atoms with E-state index in [0.717, 1.165) is 17.7 Å². The average molecular weight is 376 g/mol. The van der Waals surface area contributed by atoms with E-state index in [4.69, 9.17) is 0 Å². The summed E-state index contributed by atoms with van der Waals surface area (Å²) in [5, 5.41) is 3.40. The molecule has 0 spiro atoms. The van der Waals surface area contributed by atoms with Crippen molar-refractivity contribution in [2.75, 3.05) is 11.9 Å². The Morgan fingerprint density at radius 1 is 1.11 bits per heavy atom. The third kappa shape index (κ3) is 3.72. The molecular formula is C20H19F3N2O2. The highest BCUT2D eigenvalue weighted by atomic mass is 19.4. The number of likely N-dealkylation sites (tertiary alicyclic amines) is 1. The first-order chi connectivity index (χ1) is 12.9. The van der Waals surface area contributed by atoms with Crippen LogP contribution < -0.4 is 10.1 Å². The third-order valence-electron chi connectivity index (χ3n) is 5.09. The van der Waals surface area contributed by atoms with E-state index < -0.39 is 6.36 Å². The minimum atomic E-state index is -4.75. The van der Waals surface area contributed by atoms with Gasteiger partial charge < -0.3 is 15.0 Å². The summed E-state index contributed by atoms with van der Waals surface area (Å²) < 4.78 is 41.9. The summed E-state index contributed by atoms with van der Waals surface area (Å²) in [6.07, 6.45) is -2.90. The van der Waals surface area contributed by atoms with Crippen LogP contribution in [0.3, 0.4) is 0 Å². The summed E-state index contributed by atoms with van der Waals surface area (Å²) in [5.41, 5.74) is 2.48. The molecule has 0 aliphatic carbocycles. The number of hydrogen-bond acceptors (Lipinski definition) is 3. The number of benzene rings is 2. The summed E-state index contributed by atoms with van der Waals surface area (Å²) in [6, 6.07) is 13.8. The third-order valence-corrected chi connectivity index (χ3v) is 5.09. The van der Waals surface area contributed by atoms with Gasteiger partial charge in [-0.15, -0.1) is 13.2 Å². The predicted molar refractivity (Wildman–Crippen MR) is 94.2 cm³/mol. The molecule has 1 fully saturated rings. The number of carbonyl (C=O) groups is 1. The Labute approximate surface area is 154 Å². The van der Waals surface area contributed by atoms with E-state index in [2.05, 4.69) is 10.1 Å². The van der Waals surface area contributed by atoms with Gasteiger partial charge in [0.25, 0.3) is 0 Å². The summed E-state index contributed by atoms with van der Waals surface area (Å²) >= 11 is 0. The van der Waals surface area contributed by atoms with Crippen molar-refractivity contribution in [3.05, 3.63) is 59.7 Å². The van der Waals surface area contributed by atoms with Crippen LogP contribution in [0.2, 0.25) is 0 Å². The van der Waals surface area contributed by atoms with Crippen molar-refractivity contribution in [2.24, 2.45) is 0 Å². The molecule has 142 valence electrons. The SMILES string of the molecule is O=C1CCCN1C1CC(c2ccccc2)Nc2ccc(OC(F)(F)F)cc21. The lowest BCUT2D eigenvalue weighted by molar-refractivity contribution is -0.274. The minimum Gasteiger partial charge on any atom is -0.406 e. The number of carbonyl (C=O) groups excluding carboxylic acids is 1. The van der Waals surface area contributed by atoms with Gasteiger partial charge in [-0.2, -0.15) is 0 Å². The zero-order valence-corrected chi connectivity index (χ0v) is 14.5. The minimum absolute atomic E-state index is 0.0218. The van der Waals surface area contributed by atoms with Crippen molar-refractivity contribution in [2.45, 2.75) is 37.7 Å². The van der Waals surface area contributed by atoms with Crippen molar-refractivity contribution in [3.8, 4) is 5.75 Å². The van der Waals surface area contributed by atoms with E-state index in [-0.39, 0.29) is 23.7 Å². The molecule has 1 saturated heterocycles. The van der Waals surface area contributed by atoms with Gasteiger partial charge in [0.15, 0.2) is 0 Å². The number of alkyl halides is 3. The van der Waals surface area contributed by atoms with Crippen LogP contribution in [0.4, 0.5) is 18.9 Å². The second kappa shape index (κ2) is 6.79. The number of rotatable bonds is 3. The standard InChI is InChI=1S/C20H19F3N2O2/c21-20(22,23)27-14-8-9-16-15(11-14)18(25-10-4-7-19(25)26)12-17(24-16)13-5-2-1-3-6-13/h1-3,5-6,8-9,11,17-18,24H,4,7,10,12H2. The number of ether oxygens (including phenoxy) is 1. The van der Waals surface area contributed by atoms with E-state index >= 15 is 0 Å². The van der Waals surface area contributed by atoms with Crippen LogP contribution in [0.15, 0.2) is 48.5 Å². The Bertz CT molecular complexity index is 839. The molecule has 0 bridgehead atoms. The van der Waals surface area contributed by atoms with Gasteiger partial charge in [0, 0.05) is 24.2 Å². The topological polar surface area (TPSA) is 41.6 Å². The second-order valence-electron chi connectivity index (χ2n) is 6.85. The Hall–Kier alpha value is -2.70. The van der Waals surface area contributed by atoms with E-state index in [1.165, 1.54) is 12.1 Å². The average Bonchev–Trinajstić information content (AvgIpc) is 3.06. The molecule has 27 heavy (non-hydrogen) atoms. The van der Waals surface area contributed by atoms with Crippen molar-refractivity contribution in [3.63, 3.8) is 0 Å². The summed E-state index contributed by atoms with van der Waals surface area (Å²) in [4.78, 5) is 14.1. The molecular weight excluding hydrogens is 357 g/mol. The van der Waals surface area contributed by atoms with Gasteiger partial charge in [0.05, 0.1) is 12.1 Å². The molecule has 2 atom stereocenters. The number of nitrogens with one attached hydrogen (secondary N) is 1. The lowest BCUT2D eigenvalue weighted by Crippen LogP contribution is -2.35. The van der Waals surface area contributed by atoms with Crippen molar-refractivity contribution in [1.82, 2.24) is 4.90 Å². The first-order valence-electron chi connectivity index (χ1n) is 8.91. The van der Waals surface area contributed by atoms with E-state index in [9.17, 15) is 18.0 Å². The highest BCUT2D eigenvalue weighted by Gasteiger charge is 2.37. The van der Waals surface area contributed by atoms with Gasteiger partial charge in [0.2, 0.25) is 5.91 Å². The first-order valence-corrected chi connectivity index (χ1v) is 8.91. The molecule has 0 saturated carbocycles. The Kier molecular flexibility index (Phi) is 4.45. The van der Waals surface area contributed by atoms with Crippen LogP contribution in [0.1, 0.15) is 42.5 Å². The molecule has 1 amide bonds. The molecule has 7 heteroatoms. The maximum absolute atomic E-state index is 12.6. The van der Waals surface area contributed by atoms with Crippen molar-refractivity contribution < 1.29 is 22.7 Å². The smallest absolute Gasteiger partial charge is 0.406 e. The van der Waals surface area contributed by atoms with Gasteiger partial charge in [-0.1, -0.05) is 30.3 Å². The van der Waals surface area contributed by atoms with Crippen LogP contribution in [0, 0.1) is 0 Å². The number of fused-ring (bicyclic) bond motifs is 1. The van der Waals surface area contributed by atoms with Crippen molar-refractivity contribution in [1.29, 1.82) is 0 Å². The summed E-state index contributed by atoms with van der Waals surface area (Å²) in [6.45, 7) is 0.620. The van der Waals surface area contributed by atoms with Crippen LogP contribution in [-0.4, -0.2) is 23.7 Å². The highest BCUT2D eigenvalue weighted by Crippen LogP contribution is 2.44. The van der Waals surface area contributed by atoms with Gasteiger partial charge in [-0.05, 0) is 36.6 Å². The molecule has 4 rings (SSSR count). The van der Waals surface area contributed by atoms with Crippen LogP contribution >= 0.6 is 0 Å². The molecule has 0 aromatic heterocycles. The van der Waals surface area contributed by atoms with Crippen LogP contribution in [-0.2, 0) is 4.79 Å². The number of hydrogen-bond donors (Lipinski definition) is 1. The fraction of sp³-hybridized carbons (Fsp3) is 0.350. The van der Waals surface area contributed by atoms with Gasteiger partial charge in [-0.25, -0.2) is 0 Å². The molecule has 2 aliphatic heterocycles. The zero-order valence-electron chi connectivity index (χ0n) is 14.5. The van der Waals surface area contributed by atoms with Crippen LogP contribution in [0.5, 0.6) is 5.75 Å². The molecule has 4 nitrogen and oxygen atoms in total. The van der Waals surface area contributed by atoms with E-state index in [1.807, 2.05) is 30.3 Å². The lowest BCUT2D eigenvalue weighted by atomic mass is 9.88. The fourth-order valence-electron chi connectivity index (χ4n) is 3.94. The van der Waals surface area contributed by atoms with Gasteiger partial charge >= 0.3 is 6.36 Å². The quantitative estimate of drug-likeness (QED) is 0.836. The highest BCUT2D eigenvalue weighted by molar-refractivity contribution is 5.79.